The van der Waals surface area contributed by atoms with E-state index in [2.05, 4.69) is 10.6 Å². The maximum Gasteiger partial charge on any atom is 0.407 e. The Morgan fingerprint density at radius 3 is 2.84 bits per heavy atom. The molecule has 0 radical (unpaired) electrons. The molecule has 1 atom stereocenters. The molecule has 19 heavy (non-hydrogen) atoms. The Morgan fingerprint density at radius 2 is 2.11 bits per heavy atom. The lowest BCUT2D eigenvalue weighted by Crippen LogP contribution is -2.50. The van der Waals surface area contributed by atoms with E-state index >= 15 is 0 Å². The zero-order valence-electron chi connectivity index (χ0n) is 9.88. The van der Waals surface area contributed by atoms with Crippen LogP contribution >= 0.6 is 0 Å². The van der Waals surface area contributed by atoms with Gasteiger partial charge in [-0.25, -0.2) is 4.79 Å². The number of hydrogen-bond donors (Lipinski definition) is 2. The molecule has 7 heteroatoms. The number of cyclic esters (lactones) is 1. The van der Waals surface area contributed by atoms with Gasteiger partial charge in [0.05, 0.1) is 11.4 Å². The van der Waals surface area contributed by atoms with Crippen molar-refractivity contribution in [3.05, 3.63) is 24.3 Å². The van der Waals surface area contributed by atoms with Crippen LogP contribution in [-0.4, -0.2) is 37.1 Å². The minimum Gasteiger partial charge on any atom is -0.447 e. The standard InChI is InChI=1S/C12H11N3O4/c16-10-5-15(9-4-2-1-3-7(9)13-10)11(17)8-6-19-12(18)14-8/h1-4,8H,5-6H2,(H,13,16)(H,14,18)/t8-/m0/s1. The maximum atomic E-state index is 12.3. The molecule has 3 amide bonds. The lowest BCUT2D eigenvalue weighted by Gasteiger charge is -2.30. The molecule has 1 aromatic carbocycles. The largest absolute Gasteiger partial charge is 0.447 e. The number of nitrogens with zero attached hydrogens (tertiary/aromatic N) is 1. The summed E-state index contributed by atoms with van der Waals surface area (Å²) in [7, 11) is 0. The molecule has 2 aliphatic heterocycles. The molecule has 2 N–H and O–H groups in total. The van der Waals surface area contributed by atoms with Gasteiger partial charge in [-0.1, -0.05) is 12.1 Å². The molecule has 0 spiro atoms. The van der Waals surface area contributed by atoms with Crippen molar-refractivity contribution >= 4 is 29.3 Å². The van der Waals surface area contributed by atoms with E-state index in [0.717, 1.165) is 0 Å². The number of ether oxygens (including phenoxy) is 1. The molecule has 98 valence electrons. The average molecular weight is 261 g/mol. The summed E-state index contributed by atoms with van der Waals surface area (Å²) in [5, 5.41) is 5.11. The fourth-order valence-electron chi connectivity index (χ4n) is 2.14. The number of alkyl carbamates (subject to hydrolysis) is 1. The second-order valence-electron chi connectivity index (χ2n) is 4.29. The number of para-hydroxylation sites is 2. The van der Waals surface area contributed by atoms with Gasteiger partial charge in [0.15, 0.2) is 0 Å². The number of anilines is 2. The molecule has 0 aromatic heterocycles. The van der Waals surface area contributed by atoms with Crippen molar-refractivity contribution in [1.82, 2.24) is 5.32 Å². The fourth-order valence-corrected chi connectivity index (χ4v) is 2.14. The van der Waals surface area contributed by atoms with Crippen LogP contribution < -0.4 is 15.5 Å². The van der Waals surface area contributed by atoms with Crippen LogP contribution in [0.2, 0.25) is 0 Å². The van der Waals surface area contributed by atoms with E-state index in [9.17, 15) is 14.4 Å². The second-order valence-corrected chi connectivity index (χ2v) is 4.29. The first-order chi connectivity index (χ1) is 9.15. The Balaban J connectivity index is 1.90. The average Bonchev–Trinajstić information content (AvgIpc) is 2.83. The highest BCUT2D eigenvalue weighted by molar-refractivity contribution is 6.11. The molecular weight excluding hydrogens is 250 g/mol. The van der Waals surface area contributed by atoms with Gasteiger partial charge in [-0.05, 0) is 12.1 Å². The second kappa shape index (κ2) is 4.27. The van der Waals surface area contributed by atoms with Crippen molar-refractivity contribution in [2.75, 3.05) is 23.4 Å². The summed E-state index contributed by atoms with van der Waals surface area (Å²) < 4.78 is 4.69. The highest BCUT2D eigenvalue weighted by Crippen LogP contribution is 2.29. The molecular formula is C12H11N3O4. The summed E-state index contributed by atoms with van der Waals surface area (Å²) in [5.74, 6) is -0.620. The molecule has 1 saturated heterocycles. The van der Waals surface area contributed by atoms with Gasteiger partial charge >= 0.3 is 6.09 Å². The summed E-state index contributed by atoms with van der Waals surface area (Å²) in [6.45, 7) is -0.0832. The quantitative estimate of drug-likeness (QED) is 0.749. The molecule has 0 bridgehead atoms. The van der Waals surface area contributed by atoms with Crippen LogP contribution in [0.3, 0.4) is 0 Å². The summed E-state index contributed by atoms with van der Waals surface area (Å²) in [4.78, 5) is 36.2. The van der Waals surface area contributed by atoms with E-state index in [1.54, 1.807) is 24.3 Å². The van der Waals surface area contributed by atoms with E-state index in [0.29, 0.717) is 11.4 Å². The van der Waals surface area contributed by atoms with Crippen molar-refractivity contribution in [3.63, 3.8) is 0 Å². The first kappa shape index (κ1) is 11.5. The zero-order valence-corrected chi connectivity index (χ0v) is 9.88. The van der Waals surface area contributed by atoms with Gasteiger partial charge in [-0.2, -0.15) is 0 Å². The van der Waals surface area contributed by atoms with Gasteiger partial charge in [0.1, 0.15) is 19.2 Å². The van der Waals surface area contributed by atoms with Gasteiger partial charge in [0.25, 0.3) is 5.91 Å². The molecule has 0 aliphatic carbocycles. The summed E-state index contributed by atoms with van der Waals surface area (Å²) >= 11 is 0. The van der Waals surface area contributed by atoms with E-state index in [1.807, 2.05) is 0 Å². The number of amides is 3. The summed E-state index contributed by atoms with van der Waals surface area (Å²) in [6, 6.07) is 6.26. The number of carbonyl (C=O) groups excluding carboxylic acids is 3. The molecule has 0 saturated carbocycles. The third-order valence-electron chi connectivity index (χ3n) is 3.01. The van der Waals surface area contributed by atoms with Crippen LogP contribution in [0.25, 0.3) is 0 Å². The Labute approximate surface area is 108 Å². The highest BCUT2D eigenvalue weighted by Gasteiger charge is 2.36. The van der Waals surface area contributed by atoms with Gasteiger partial charge in [0.2, 0.25) is 5.91 Å². The van der Waals surface area contributed by atoms with Gasteiger partial charge in [-0.15, -0.1) is 0 Å². The molecule has 1 fully saturated rings. The summed E-state index contributed by atoms with van der Waals surface area (Å²) in [5.41, 5.74) is 1.20. The lowest BCUT2D eigenvalue weighted by molar-refractivity contribution is -0.123. The van der Waals surface area contributed by atoms with Crippen LogP contribution in [0.4, 0.5) is 16.2 Å². The first-order valence-corrected chi connectivity index (χ1v) is 5.79. The van der Waals surface area contributed by atoms with Crippen molar-refractivity contribution in [3.8, 4) is 0 Å². The SMILES string of the molecule is O=C1CN(C(=O)[C@@H]2COC(=O)N2)c2ccccc2N1. The van der Waals surface area contributed by atoms with Crippen LogP contribution in [0.1, 0.15) is 0 Å². The first-order valence-electron chi connectivity index (χ1n) is 5.79. The number of nitrogens with one attached hydrogen (secondary N) is 2. The predicted molar refractivity (Wildman–Crippen MR) is 65.7 cm³/mol. The van der Waals surface area contributed by atoms with Crippen LogP contribution in [0, 0.1) is 0 Å². The lowest BCUT2D eigenvalue weighted by atomic mass is 10.1. The Morgan fingerprint density at radius 1 is 1.32 bits per heavy atom. The molecule has 2 heterocycles. The zero-order chi connectivity index (χ0) is 13.4. The number of fused-ring (bicyclic) bond motifs is 1. The fraction of sp³-hybridized carbons (Fsp3) is 0.250. The molecule has 2 aliphatic rings. The number of rotatable bonds is 1. The van der Waals surface area contributed by atoms with E-state index in [4.69, 9.17) is 4.74 Å². The Kier molecular flexibility index (Phi) is 2.59. The number of hydrogen-bond acceptors (Lipinski definition) is 4. The summed E-state index contributed by atoms with van der Waals surface area (Å²) in [6.07, 6.45) is -0.618. The molecule has 3 rings (SSSR count). The maximum absolute atomic E-state index is 12.3. The van der Waals surface area contributed by atoms with Crippen molar-refractivity contribution < 1.29 is 19.1 Å². The third kappa shape index (κ3) is 1.99. The molecule has 7 nitrogen and oxygen atoms in total. The Bertz CT molecular complexity index is 572. The number of carbonyl (C=O) groups is 3. The van der Waals surface area contributed by atoms with Gasteiger partial charge in [-0.3, -0.25) is 14.5 Å². The predicted octanol–water partition coefficient (Wildman–Crippen LogP) is 0.0801. The minimum atomic E-state index is -0.744. The normalized spacial score (nSPS) is 21.3. The molecule has 1 aromatic rings. The van der Waals surface area contributed by atoms with Gasteiger partial charge < -0.3 is 15.4 Å². The van der Waals surface area contributed by atoms with Crippen molar-refractivity contribution in [2.45, 2.75) is 6.04 Å². The van der Waals surface area contributed by atoms with Crippen LogP contribution in [0.15, 0.2) is 24.3 Å². The molecule has 0 unspecified atom stereocenters. The minimum absolute atomic E-state index is 0.0159. The van der Waals surface area contributed by atoms with Crippen molar-refractivity contribution in [1.29, 1.82) is 0 Å². The Hall–Kier alpha value is -2.57. The topological polar surface area (TPSA) is 87.7 Å². The monoisotopic (exact) mass is 261 g/mol. The van der Waals surface area contributed by atoms with Crippen molar-refractivity contribution in [2.24, 2.45) is 0 Å². The van der Waals surface area contributed by atoms with Crippen LogP contribution in [-0.2, 0) is 14.3 Å². The third-order valence-corrected chi connectivity index (χ3v) is 3.01. The smallest absolute Gasteiger partial charge is 0.407 e. The highest BCUT2D eigenvalue weighted by atomic mass is 16.6. The number of benzene rings is 1. The van der Waals surface area contributed by atoms with Gasteiger partial charge in [0, 0.05) is 0 Å². The van der Waals surface area contributed by atoms with E-state index < -0.39 is 12.1 Å². The van der Waals surface area contributed by atoms with E-state index in [-0.39, 0.29) is 25.0 Å². The van der Waals surface area contributed by atoms with Crippen LogP contribution in [0.5, 0.6) is 0 Å². The van der Waals surface area contributed by atoms with E-state index in [1.165, 1.54) is 4.90 Å².